The molecular weight excluding hydrogens is 291 g/mol. The van der Waals surface area contributed by atoms with Gasteiger partial charge in [-0.25, -0.2) is 17.5 Å². The lowest BCUT2D eigenvalue weighted by molar-refractivity contribution is 0.480. The largest absolute Gasteiger partial charge is 0.326 e. The minimum atomic E-state index is -3.58. The van der Waals surface area contributed by atoms with Crippen molar-refractivity contribution in [1.82, 2.24) is 4.72 Å². The number of sulfonamides is 1. The number of rotatable bonds is 7. The van der Waals surface area contributed by atoms with Gasteiger partial charge in [0, 0.05) is 18.7 Å². The van der Waals surface area contributed by atoms with E-state index in [1.165, 1.54) is 37.8 Å². The van der Waals surface area contributed by atoms with Crippen molar-refractivity contribution in [2.24, 2.45) is 11.7 Å². The van der Waals surface area contributed by atoms with Gasteiger partial charge in [0.1, 0.15) is 5.82 Å². The van der Waals surface area contributed by atoms with E-state index in [0.717, 1.165) is 24.8 Å². The zero-order valence-corrected chi connectivity index (χ0v) is 13.0. The number of hydrogen-bond donors (Lipinski definition) is 2. The first-order valence-electron chi connectivity index (χ1n) is 7.51. The van der Waals surface area contributed by atoms with Crippen molar-refractivity contribution in [2.75, 3.05) is 6.54 Å². The highest BCUT2D eigenvalue weighted by molar-refractivity contribution is 7.89. The highest BCUT2D eigenvalue weighted by atomic mass is 32.2. The Morgan fingerprint density at radius 3 is 2.67 bits per heavy atom. The fourth-order valence-corrected chi connectivity index (χ4v) is 3.98. The summed E-state index contributed by atoms with van der Waals surface area (Å²) in [4.78, 5) is 0.0743. The van der Waals surface area contributed by atoms with Crippen LogP contribution in [0.3, 0.4) is 0 Å². The predicted molar refractivity (Wildman–Crippen MR) is 80.7 cm³/mol. The predicted octanol–water partition coefficient (Wildman–Crippen LogP) is 2.53. The van der Waals surface area contributed by atoms with E-state index < -0.39 is 15.8 Å². The molecule has 1 saturated carbocycles. The summed E-state index contributed by atoms with van der Waals surface area (Å²) in [5.74, 6) is 0.279. The van der Waals surface area contributed by atoms with Crippen molar-refractivity contribution in [1.29, 1.82) is 0 Å². The molecule has 2 rings (SSSR count). The Bertz CT molecular complexity index is 569. The second-order valence-electron chi connectivity index (χ2n) is 5.65. The van der Waals surface area contributed by atoms with Crippen LogP contribution in [0.1, 0.15) is 44.1 Å². The summed E-state index contributed by atoms with van der Waals surface area (Å²) in [7, 11) is -3.58. The van der Waals surface area contributed by atoms with Crippen molar-refractivity contribution in [3.63, 3.8) is 0 Å². The molecule has 0 aliphatic heterocycles. The van der Waals surface area contributed by atoms with Crippen LogP contribution in [-0.4, -0.2) is 15.0 Å². The molecule has 21 heavy (non-hydrogen) atoms. The molecule has 1 aliphatic rings. The second-order valence-corrected chi connectivity index (χ2v) is 7.41. The molecule has 0 aromatic heterocycles. The van der Waals surface area contributed by atoms with Crippen LogP contribution in [-0.2, 0) is 16.6 Å². The summed E-state index contributed by atoms with van der Waals surface area (Å²) >= 11 is 0. The first-order chi connectivity index (χ1) is 10.0. The SMILES string of the molecule is NCc1cc(S(=O)(=O)NCCCC2CCCC2)ccc1F. The summed E-state index contributed by atoms with van der Waals surface area (Å²) in [6, 6.07) is 3.72. The van der Waals surface area contributed by atoms with Crippen LogP contribution in [0.15, 0.2) is 23.1 Å². The van der Waals surface area contributed by atoms with Crippen LogP contribution in [0, 0.1) is 11.7 Å². The van der Waals surface area contributed by atoms with E-state index in [-0.39, 0.29) is 17.0 Å². The molecule has 0 atom stereocenters. The van der Waals surface area contributed by atoms with Crippen molar-refractivity contribution >= 4 is 10.0 Å². The molecular formula is C15H23FN2O2S. The monoisotopic (exact) mass is 314 g/mol. The van der Waals surface area contributed by atoms with Gasteiger partial charge in [-0.15, -0.1) is 0 Å². The molecule has 0 heterocycles. The van der Waals surface area contributed by atoms with E-state index in [1.807, 2.05) is 0 Å². The number of benzene rings is 1. The molecule has 0 unspecified atom stereocenters. The van der Waals surface area contributed by atoms with Crippen molar-refractivity contribution in [3.8, 4) is 0 Å². The number of nitrogens with two attached hydrogens (primary N) is 1. The van der Waals surface area contributed by atoms with E-state index in [2.05, 4.69) is 4.72 Å². The number of hydrogen-bond acceptors (Lipinski definition) is 3. The van der Waals surface area contributed by atoms with Gasteiger partial charge in [0.25, 0.3) is 0 Å². The Labute approximate surface area is 126 Å². The van der Waals surface area contributed by atoms with Crippen LogP contribution in [0.4, 0.5) is 4.39 Å². The van der Waals surface area contributed by atoms with Gasteiger partial charge < -0.3 is 5.73 Å². The molecule has 118 valence electrons. The summed E-state index contributed by atoms with van der Waals surface area (Å²) in [5.41, 5.74) is 5.61. The lowest BCUT2D eigenvalue weighted by atomic mass is 10.0. The molecule has 0 saturated heterocycles. The average molecular weight is 314 g/mol. The Hall–Kier alpha value is -0.980. The van der Waals surface area contributed by atoms with Gasteiger partial charge in [-0.3, -0.25) is 0 Å². The topological polar surface area (TPSA) is 72.2 Å². The van der Waals surface area contributed by atoms with E-state index in [4.69, 9.17) is 5.73 Å². The smallest absolute Gasteiger partial charge is 0.240 e. The summed E-state index contributed by atoms with van der Waals surface area (Å²) in [6.07, 6.45) is 7.05. The van der Waals surface area contributed by atoms with Gasteiger partial charge >= 0.3 is 0 Å². The maximum Gasteiger partial charge on any atom is 0.240 e. The molecule has 3 N–H and O–H groups in total. The molecule has 0 radical (unpaired) electrons. The average Bonchev–Trinajstić information content (AvgIpc) is 2.97. The molecule has 1 aromatic rings. The number of halogens is 1. The van der Waals surface area contributed by atoms with E-state index in [9.17, 15) is 12.8 Å². The van der Waals surface area contributed by atoms with Crippen LogP contribution in [0.5, 0.6) is 0 Å². The van der Waals surface area contributed by atoms with Crippen molar-refractivity contribution < 1.29 is 12.8 Å². The lowest BCUT2D eigenvalue weighted by Crippen LogP contribution is -2.25. The van der Waals surface area contributed by atoms with Gasteiger partial charge in [0.05, 0.1) is 4.90 Å². The maximum atomic E-state index is 13.3. The van der Waals surface area contributed by atoms with Crippen LogP contribution < -0.4 is 10.5 Å². The quantitative estimate of drug-likeness (QED) is 0.760. The van der Waals surface area contributed by atoms with Gasteiger partial charge in [-0.2, -0.15) is 0 Å². The summed E-state index contributed by atoms with van der Waals surface area (Å²) in [5, 5.41) is 0. The standard InChI is InChI=1S/C15H23FN2O2S/c16-15-8-7-14(10-13(15)11-17)21(19,20)18-9-3-6-12-4-1-2-5-12/h7-8,10,12,18H,1-6,9,11,17H2. The van der Waals surface area contributed by atoms with Crippen LogP contribution in [0.2, 0.25) is 0 Å². The molecule has 1 fully saturated rings. The van der Waals surface area contributed by atoms with Gasteiger partial charge in [-0.05, 0) is 37.0 Å². The highest BCUT2D eigenvalue weighted by Gasteiger charge is 2.17. The van der Waals surface area contributed by atoms with Crippen LogP contribution in [0.25, 0.3) is 0 Å². The summed E-state index contributed by atoms with van der Waals surface area (Å²) < 4.78 is 40.2. The van der Waals surface area contributed by atoms with E-state index >= 15 is 0 Å². The van der Waals surface area contributed by atoms with Crippen LogP contribution >= 0.6 is 0 Å². The van der Waals surface area contributed by atoms with Crippen molar-refractivity contribution in [2.45, 2.75) is 50.0 Å². The van der Waals surface area contributed by atoms with Gasteiger partial charge in [0.15, 0.2) is 0 Å². The molecule has 0 spiro atoms. The fraction of sp³-hybridized carbons (Fsp3) is 0.600. The first kappa shape index (κ1) is 16.4. The Morgan fingerprint density at radius 1 is 1.29 bits per heavy atom. The minimum absolute atomic E-state index is 0.0170. The fourth-order valence-electron chi connectivity index (χ4n) is 2.85. The normalized spacial score (nSPS) is 16.5. The second kappa shape index (κ2) is 7.33. The third kappa shape index (κ3) is 4.49. The molecule has 1 aliphatic carbocycles. The van der Waals surface area contributed by atoms with Gasteiger partial charge in [-0.1, -0.05) is 25.7 Å². The van der Waals surface area contributed by atoms with E-state index in [1.54, 1.807) is 0 Å². The molecule has 6 heteroatoms. The van der Waals surface area contributed by atoms with Gasteiger partial charge in [0.2, 0.25) is 10.0 Å². The first-order valence-corrected chi connectivity index (χ1v) is 8.99. The molecule has 0 amide bonds. The minimum Gasteiger partial charge on any atom is -0.326 e. The molecule has 1 aromatic carbocycles. The number of nitrogens with one attached hydrogen (secondary N) is 1. The third-order valence-corrected chi connectivity index (χ3v) is 5.56. The molecule has 4 nitrogen and oxygen atoms in total. The third-order valence-electron chi connectivity index (χ3n) is 4.10. The summed E-state index contributed by atoms with van der Waals surface area (Å²) in [6.45, 7) is 0.408. The van der Waals surface area contributed by atoms with E-state index in [0.29, 0.717) is 6.54 Å². The maximum absolute atomic E-state index is 13.3. The zero-order valence-electron chi connectivity index (χ0n) is 12.1. The Kier molecular flexibility index (Phi) is 5.72. The van der Waals surface area contributed by atoms with Crippen molar-refractivity contribution in [3.05, 3.63) is 29.6 Å². The Morgan fingerprint density at radius 2 is 2.00 bits per heavy atom. The zero-order chi connectivity index (χ0) is 15.3. The molecule has 0 bridgehead atoms. The Balaban J connectivity index is 1.88. The lowest BCUT2D eigenvalue weighted by Gasteiger charge is -2.10. The highest BCUT2D eigenvalue weighted by Crippen LogP contribution is 2.28.